The highest BCUT2D eigenvalue weighted by Gasteiger charge is 2.25. The molecule has 0 radical (unpaired) electrons. The second-order valence-electron chi connectivity index (χ2n) is 3.51. The van der Waals surface area contributed by atoms with Crippen molar-refractivity contribution in [3.8, 4) is 12.3 Å². The van der Waals surface area contributed by atoms with E-state index in [9.17, 15) is 8.42 Å². The van der Waals surface area contributed by atoms with Crippen LogP contribution in [-0.2, 0) is 14.3 Å². The molecule has 0 fully saturated rings. The van der Waals surface area contributed by atoms with Gasteiger partial charge in [-0.2, -0.15) is 8.42 Å². The maximum atomic E-state index is 11.7. The summed E-state index contributed by atoms with van der Waals surface area (Å²) < 4.78 is 28.3. The van der Waals surface area contributed by atoms with Gasteiger partial charge in [-0.05, 0) is 26.0 Å². The van der Waals surface area contributed by atoms with E-state index < -0.39 is 15.7 Å². The summed E-state index contributed by atoms with van der Waals surface area (Å²) in [6, 6.07) is 7.90. The van der Waals surface area contributed by atoms with E-state index in [0.717, 1.165) is 0 Å². The van der Waals surface area contributed by atoms with Crippen LogP contribution in [0.1, 0.15) is 13.8 Å². The largest absolute Gasteiger partial charge is 0.298 e. The first kappa shape index (κ1) is 11.8. The van der Waals surface area contributed by atoms with Crippen LogP contribution in [0.15, 0.2) is 35.2 Å². The zero-order chi connectivity index (χ0) is 11.5. The van der Waals surface area contributed by atoms with Crippen LogP contribution in [0, 0.1) is 12.3 Å². The Bertz CT molecular complexity index is 466. The number of hydrogen-bond donors (Lipinski definition) is 0. The molecule has 0 aliphatic carbocycles. The lowest BCUT2D eigenvalue weighted by molar-refractivity contribution is 0.181. The van der Waals surface area contributed by atoms with Gasteiger partial charge in [-0.1, -0.05) is 24.1 Å². The van der Waals surface area contributed by atoms with E-state index >= 15 is 0 Å². The second-order valence-corrected chi connectivity index (χ2v) is 5.05. The van der Waals surface area contributed by atoms with E-state index in [1.807, 2.05) is 0 Å². The van der Waals surface area contributed by atoms with Crippen molar-refractivity contribution in [2.45, 2.75) is 24.3 Å². The zero-order valence-electron chi connectivity index (χ0n) is 8.60. The van der Waals surface area contributed by atoms with Gasteiger partial charge in [0.2, 0.25) is 0 Å². The highest BCUT2D eigenvalue weighted by Crippen LogP contribution is 2.18. The van der Waals surface area contributed by atoms with Crippen LogP contribution in [0.25, 0.3) is 0 Å². The van der Waals surface area contributed by atoms with Gasteiger partial charge in [0.25, 0.3) is 10.1 Å². The average molecular weight is 224 g/mol. The van der Waals surface area contributed by atoms with E-state index in [1.165, 1.54) is 26.0 Å². The van der Waals surface area contributed by atoms with Crippen LogP contribution in [0.5, 0.6) is 0 Å². The molecule has 0 amide bonds. The highest BCUT2D eigenvalue weighted by atomic mass is 32.2. The van der Waals surface area contributed by atoms with Crippen molar-refractivity contribution in [1.82, 2.24) is 0 Å². The van der Waals surface area contributed by atoms with Crippen LogP contribution in [0.4, 0.5) is 0 Å². The molecule has 0 aliphatic heterocycles. The lowest BCUT2D eigenvalue weighted by atomic mass is 10.2. The fraction of sp³-hybridized carbons (Fsp3) is 0.273. The molecule has 0 aromatic heterocycles. The summed E-state index contributed by atoms with van der Waals surface area (Å²) >= 11 is 0. The first-order chi connectivity index (χ1) is 6.87. The van der Waals surface area contributed by atoms with E-state index in [1.54, 1.807) is 18.2 Å². The fourth-order valence-electron chi connectivity index (χ4n) is 0.934. The molecule has 0 bridgehead atoms. The molecular weight excluding hydrogens is 212 g/mol. The van der Waals surface area contributed by atoms with Crippen molar-refractivity contribution < 1.29 is 12.6 Å². The third kappa shape index (κ3) is 3.08. The minimum atomic E-state index is -3.77. The molecule has 4 heteroatoms. The minimum Gasteiger partial charge on any atom is -0.247 e. The maximum absolute atomic E-state index is 11.7. The van der Waals surface area contributed by atoms with Crippen LogP contribution < -0.4 is 0 Å². The summed E-state index contributed by atoms with van der Waals surface area (Å²) in [7, 11) is -3.77. The summed E-state index contributed by atoms with van der Waals surface area (Å²) in [5.74, 6) is 2.27. The molecule has 0 aliphatic rings. The van der Waals surface area contributed by atoms with Gasteiger partial charge in [0.05, 0.1) is 4.90 Å². The maximum Gasteiger partial charge on any atom is 0.298 e. The fourth-order valence-corrected chi connectivity index (χ4v) is 2.12. The predicted octanol–water partition coefficient (Wildman–Crippen LogP) is 1.80. The van der Waals surface area contributed by atoms with E-state index in [-0.39, 0.29) is 4.90 Å². The molecule has 0 saturated carbocycles. The monoisotopic (exact) mass is 224 g/mol. The van der Waals surface area contributed by atoms with Crippen LogP contribution >= 0.6 is 0 Å². The summed E-state index contributed by atoms with van der Waals surface area (Å²) in [4.78, 5) is 0.105. The predicted molar refractivity (Wildman–Crippen MR) is 57.6 cm³/mol. The first-order valence-corrected chi connectivity index (χ1v) is 5.77. The van der Waals surface area contributed by atoms with E-state index in [0.29, 0.717) is 0 Å². The Morgan fingerprint density at radius 3 is 2.27 bits per heavy atom. The molecule has 1 aromatic rings. The highest BCUT2D eigenvalue weighted by molar-refractivity contribution is 7.86. The van der Waals surface area contributed by atoms with Crippen LogP contribution in [-0.4, -0.2) is 14.0 Å². The lowest BCUT2D eigenvalue weighted by Gasteiger charge is -2.17. The van der Waals surface area contributed by atoms with Gasteiger partial charge in [-0.25, -0.2) is 4.18 Å². The summed E-state index contributed by atoms with van der Waals surface area (Å²) in [5, 5.41) is 0. The number of benzene rings is 1. The first-order valence-electron chi connectivity index (χ1n) is 4.36. The van der Waals surface area contributed by atoms with E-state index in [4.69, 9.17) is 10.6 Å². The molecule has 15 heavy (non-hydrogen) atoms. The van der Waals surface area contributed by atoms with Crippen molar-refractivity contribution in [3.63, 3.8) is 0 Å². The molecule has 1 aromatic carbocycles. The van der Waals surface area contributed by atoms with Crippen molar-refractivity contribution >= 4 is 10.1 Å². The summed E-state index contributed by atoms with van der Waals surface area (Å²) in [6.45, 7) is 3.04. The lowest BCUT2D eigenvalue weighted by Crippen LogP contribution is -2.26. The smallest absolute Gasteiger partial charge is 0.247 e. The van der Waals surface area contributed by atoms with Crippen molar-refractivity contribution in [2.75, 3.05) is 0 Å². The molecule has 80 valence electrons. The van der Waals surface area contributed by atoms with Crippen molar-refractivity contribution in [3.05, 3.63) is 30.3 Å². The second kappa shape index (κ2) is 4.05. The van der Waals surface area contributed by atoms with Crippen LogP contribution in [0.3, 0.4) is 0 Å². The van der Waals surface area contributed by atoms with Gasteiger partial charge in [-0.3, -0.25) is 0 Å². The molecule has 1 rings (SSSR count). The summed E-state index contributed by atoms with van der Waals surface area (Å²) in [5.41, 5.74) is -1.13. The third-order valence-corrected chi connectivity index (χ3v) is 3.18. The van der Waals surface area contributed by atoms with E-state index in [2.05, 4.69) is 5.92 Å². The van der Waals surface area contributed by atoms with Crippen LogP contribution in [0.2, 0.25) is 0 Å². The molecule has 0 saturated heterocycles. The average Bonchev–Trinajstić information content (AvgIpc) is 2.18. The quantitative estimate of drug-likeness (QED) is 0.581. The molecule has 0 heterocycles. The Kier molecular flexibility index (Phi) is 3.18. The standard InChI is InChI=1S/C11H12O3S/c1-4-11(2,3)14-15(12,13)10-8-6-5-7-9-10/h1,5-9H,2-3H3. The molecule has 0 unspecified atom stereocenters. The van der Waals surface area contributed by atoms with Crippen molar-refractivity contribution in [2.24, 2.45) is 0 Å². The molecule has 0 N–H and O–H groups in total. The number of hydrogen-bond acceptors (Lipinski definition) is 3. The molecular formula is C11H12O3S. The Hall–Kier alpha value is -1.31. The molecule has 0 atom stereocenters. The SMILES string of the molecule is C#CC(C)(C)OS(=O)(=O)c1ccccc1. The van der Waals surface area contributed by atoms with Crippen molar-refractivity contribution in [1.29, 1.82) is 0 Å². The zero-order valence-corrected chi connectivity index (χ0v) is 9.41. The summed E-state index contributed by atoms with van der Waals surface area (Å²) in [6.07, 6.45) is 5.15. The molecule has 3 nitrogen and oxygen atoms in total. The van der Waals surface area contributed by atoms with Gasteiger partial charge < -0.3 is 0 Å². The number of rotatable bonds is 3. The minimum absolute atomic E-state index is 0.105. The Morgan fingerprint density at radius 2 is 1.80 bits per heavy atom. The van der Waals surface area contributed by atoms with Gasteiger partial charge in [0, 0.05) is 0 Å². The molecule has 0 spiro atoms. The third-order valence-electron chi connectivity index (χ3n) is 1.70. The Labute approximate surface area is 90.2 Å². The van der Waals surface area contributed by atoms with Gasteiger partial charge in [0.1, 0.15) is 5.60 Å². The van der Waals surface area contributed by atoms with Gasteiger partial charge >= 0.3 is 0 Å². The van der Waals surface area contributed by atoms with Gasteiger partial charge in [-0.15, -0.1) is 6.42 Å². The Morgan fingerprint density at radius 1 is 1.27 bits per heavy atom. The van der Waals surface area contributed by atoms with Gasteiger partial charge in [0.15, 0.2) is 0 Å². The Balaban J connectivity index is 3.03. The topological polar surface area (TPSA) is 43.4 Å². The normalized spacial score (nSPS) is 12.1. The number of terminal acetylenes is 1.